The molecule has 0 aliphatic rings. The van der Waals surface area contributed by atoms with E-state index in [0.29, 0.717) is 0 Å². The predicted octanol–water partition coefficient (Wildman–Crippen LogP) is 4.18. The van der Waals surface area contributed by atoms with Crippen LogP contribution >= 0.6 is 22.6 Å². The highest BCUT2D eigenvalue weighted by Crippen LogP contribution is 2.20. The second-order valence-electron chi connectivity index (χ2n) is 4.85. The van der Waals surface area contributed by atoms with Crippen LogP contribution in [0.2, 0.25) is 0 Å². The number of hydrogen-bond acceptors (Lipinski definition) is 2. The summed E-state index contributed by atoms with van der Waals surface area (Å²) in [7, 11) is 0. The fourth-order valence-electron chi connectivity index (χ4n) is 1.79. The van der Waals surface area contributed by atoms with Gasteiger partial charge in [-0.25, -0.2) is 4.39 Å². The van der Waals surface area contributed by atoms with E-state index in [1.807, 2.05) is 53.8 Å². The fourth-order valence-corrected chi connectivity index (χ4v) is 2.43. The van der Waals surface area contributed by atoms with Crippen molar-refractivity contribution >= 4 is 39.9 Å². The quantitative estimate of drug-likeness (QED) is 0.759. The Morgan fingerprint density at radius 3 is 2.48 bits per heavy atom. The summed E-state index contributed by atoms with van der Waals surface area (Å²) in [5, 5.41) is 5.92. The minimum atomic E-state index is -0.426. The first kappa shape index (κ1) is 15.8. The zero-order valence-electron chi connectivity index (χ0n) is 11.8. The summed E-state index contributed by atoms with van der Waals surface area (Å²) >= 11 is 2.04. The van der Waals surface area contributed by atoms with Gasteiger partial charge in [0.15, 0.2) is 0 Å². The van der Waals surface area contributed by atoms with E-state index in [9.17, 15) is 9.18 Å². The van der Waals surface area contributed by atoms with Crippen molar-refractivity contribution in [3.8, 4) is 0 Å². The predicted molar refractivity (Wildman–Crippen MR) is 92.0 cm³/mol. The number of carbonyl (C=O) groups is 1. The highest BCUT2D eigenvalue weighted by atomic mass is 127. The first-order valence-electron chi connectivity index (χ1n) is 6.55. The van der Waals surface area contributed by atoms with E-state index in [-0.39, 0.29) is 11.7 Å². The largest absolute Gasteiger partial charge is 0.373 e. The molecule has 21 heavy (non-hydrogen) atoms. The summed E-state index contributed by atoms with van der Waals surface area (Å²) in [4.78, 5) is 12.1. The van der Waals surface area contributed by atoms with E-state index in [0.717, 1.165) is 20.5 Å². The van der Waals surface area contributed by atoms with Crippen LogP contribution in [0.3, 0.4) is 0 Å². The van der Waals surface area contributed by atoms with Crippen LogP contribution in [0.5, 0.6) is 0 Å². The van der Waals surface area contributed by atoms with Gasteiger partial charge in [0, 0.05) is 14.9 Å². The van der Waals surface area contributed by atoms with Gasteiger partial charge >= 0.3 is 0 Å². The second-order valence-corrected chi connectivity index (χ2v) is 6.01. The van der Waals surface area contributed by atoms with E-state index >= 15 is 0 Å². The molecule has 2 aromatic rings. The van der Waals surface area contributed by atoms with E-state index in [1.165, 1.54) is 12.1 Å². The molecule has 0 saturated heterocycles. The van der Waals surface area contributed by atoms with E-state index < -0.39 is 6.04 Å². The lowest BCUT2D eigenvalue weighted by atomic mass is 10.2. The summed E-state index contributed by atoms with van der Waals surface area (Å²) < 4.78 is 13.8. The molecule has 1 unspecified atom stereocenters. The maximum absolute atomic E-state index is 13.1. The number of halogens is 2. The Bertz CT molecular complexity index is 643. The molecule has 110 valence electrons. The molecular weight excluding hydrogens is 382 g/mol. The van der Waals surface area contributed by atoms with Gasteiger partial charge in [-0.1, -0.05) is 17.7 Å². The number of nitrogens with one attached hydrogen (secondary N) is 2. The van der Waals surface area contributed by atoms with Gasteiger partial charge in [-0.15, -0.1) is 0 Å². The third-order valence-corrected chi connectivity index (χ3v) is 3.91. The number of amides is 1. The Balaban J connectivity index is 2.00. The summed E-state index contributed by atoms with van der Waals surface area (Å²) in [6.45, 7) is 3.76. The van der Waals surface area contributed by atoms with Crippen molar-refractivity contribution in [1.29, 1.82) is 0 Å². The Hall–Kier alpha value is -1.63. The van der Waals surface area contributed by atoms with Crippen molar-refractivity contribution in [2.45, 2.75) is 19.9 Å². The van der Waals surface area contributed by atoms with Gasteiger partial charge < -0.3 is 10.6 Å². The molecule has 5 heteroatoms. The first-order chi connectivity index (χ1) is 9.95. The molecule has 0 saturated carbocycles. The van der Waals surface area contributed by atoms with Crippen molar-refractivity contribution in [3.05, 3.63) is 57.4 Å². The van der Waals surface area contributed by atoms with Gasteiger partial charge in [0.05, 0.1) is 0 Å². The number of benzene rings is 2. The molecule has 0 radical (unpaired) electrons. The van der Waals surface area contributed by atoms with Gasteiger partial charge in [0.1, 0.15) is 11.9 Å². The number of anilines is 2. The van der Waals surface area contributed by atoms with Gasteiger partial charge in [-0.05, 0) is 66.8 Å². The monoisotopic (exact) mass is 398 g/mol. The summed E-state index contributed by atoms with van der Waals surface area (Å²) in [5.41, 5.74) is 2.64. The van der Waals surface area contributed by atoms with Crippen LogP contribution in [0.25, 0.3) is 0 Å². The topological polar surface area (TPSA) is 41.1 Å². The molecule has 0 aliphatic heterocycles. The van der Waals surface area contributed by atoms with Crippen molar-refractivity contribution in [2.24, 2.45) is 0 Å². The lowest BCUT2D eigenvalue weighted by Crippen LogP contribution is -2.32. The van der Waals surface area contributed by atoms with Crippen molar-refractivity contribution in [1.82, 2.24) is 0 Å². The molecule has 0 aliphatic carbocycles. The molecule has 2 rings (SSSR count). The zero-order chi connectivity index (χ0) is 15.4. The summed E-state index contributed by atoms with van der Waals surface area (Å²) in [6, 6.07) is 11.6. The van der Waals surface area contributed by atoms with Crippen molar-refractivity contribution in [2.75, 3.05) is 10.6 Å². The first-order valence-corrected chi connectivity index (χ1v) is 7.62. The average molecular weight is 398 g/mol. The third-order valence-electron chi connectivity index (χ3n) is 3.02. The van der Waals surface area contributed by atoms with Crippen LogP contribution < -0.4 is 10.6 Å². The Labute approximate surface area is 137 Å². The van der Waals surface area contributed by atoms with Gasteiger partial charge in [0.2, 0.25) is 5.91 Å². The fraction of sp³-hybridized carbons (Fsp3) is 0.188. The highest BCUT2D eigenvalue weighted by molar-refractivity contribution is 14.1. The third kappa shape index (κ3) is 4.42. The minimum absolute atomic E-state index is 0.140. The van der Waals surface area contributed by atoms with Crippen LogP contribution in [-0.4, -0.2) is 11.9 Å². The maximum Gasteiger partial charge on any atom is 0.246 e. The Morgan fingerprint density at radius 1 is 1.19 bits per heavy atom. The molecule has 2 N–H and O–H groups in total. The molecule has 1 atom stereocenters. The molecule has 2 aromatic carbocycles. The smallest absolute Gasteiger partial charge is 0.246 e. The van der Waals surface area contributed by atoms with Crippen LogP contribution in [0.15, 0.2) is 42.5 Å². The number of hydrogen-bond donors (Lipinski definition) is 2. The second kappa shape index (κ2) is 6.89. The Morgan fingerprint density at radius 2 is 1.86 bits per heavy atom. The highest BCUT2D eigenvalue weighted by Gasteiger charge is 2.14. The number of carbonyl (C=O) groups excluding carboxylic acids is 1. The molecule has 1 amide bonds. The van der Waals surface area contributed by atoms with Gasteiger partial charge in [-0.2, -0.15) is 0 Å². The SMILES string of the molecule is Cc1ccc(NC(=O)C(C)Nc2ccc(F)cc2I)cc1. The van der Waals surface area contributed by atoms with E-state index in [1.54, 1.807) is 13.0 Å². The normalized spacial score (nSPS) is 11.8. The van der Waals surface area contributed by atoms with Crippen molar-refractivity contribution < 1.29 is 9.18 Å². The molecule has 0 heterocycles. The van der Waals surface area contributed by atoms with E-state index in [4.69, 9.17) is 0 Å². The summed E-state index contributed by atoms with van der Waals surface area (Å²) in [5.74, 6) is -0.430. The minimum Gasteiger partial charge on any atom is -0.373 e. The lowest BCUT2D eigenvalue weighted by Gasteiger charge is -2.16. The van der Waals surface area contributed by atoms with Crippen LogP contribution in [0.4, 0.5) is 15.8 Å². The van der Waals surface area contributed by atoms with Crippen LogP contribution in [0.1, 0.15) is 12.5 Å². The maximum atomic E-state index is 13.1. The standard InChI is InChI=1S/C16H16FIN2O/c1-10-3-6-13(7-4-10)20-16(21)11(2)19-15-8-5-12(17)9-14(15)18/h3-9,11,19H,1-2H3,(H,20,21). The number of rotatable bonds is 4. The number of aryl methyl sites for hydroxylation is 1. The molecule has 3 nitrogen and oxygen atoms in total. The summed E-state index contributed by atoms with van der Waals surface area (Å²) in [6.07, 6.45) is 0. The average Bonchev–Trinajstić information content (AvgIpc) is 2.44. The molecule has 0 fully saturated rings. The van der Waals surface area contributed by atoms with Crippen LogP contribution in [0, 0.1) is 16.3 Å². The lowest BCUT2D eigenvalue weighted by molar-refractivity contribution is -0.116. The zero-order valence-corrected chi connectivity index (χ0v) is 13.9. The molecule has 0 bridgehead atoms. The Kier molecular flexibility index (Phi) is 5.17. The molecule has 0 spiro atoms. The van der Waals surface area contributed by atoms with Gasteiger partial charge in [0.25, 0.3) is 0 Å². The van der Waals surface area contributed by atoms with E-state index in [2.05, 4.69) is 10.6 Å². The molecular formula is C16H16FIN2O. The van der Waals surface area contributed by atoms with Crippen LogP contribution in [-0.2, 0) is 4.79 Å². The molecule has 0 aromatic heterocycles. The van der Waals surface area contributed by atoms with Crippen molar-refractivity contribution in [3.63, 3.8) is 0 Å². The van der Waals surface area contributed by atoms with Gasteiger partial charge in [-0.3, -0.25) is 4.79 Å².